The summed E-state index contributed by atoms with van der Waals surface area (Å²) in [5, 5.41) is 9.61. The lowest BCUT2D eigenvalue weighted by Gasteiger charge is -2.24. The monoisotopic (exact) mass is 367 g/mol. The van der Waals surface area contributed by atoms with E-state index in [0.717, 1.165) is 36.0 Å². The Kier molecular flexibility index (Phi) is 4.49. The van der Waals surface area contributed by atoms with Crippen LogP contribution in [0.25, 0.3) is 0 Å². The van der Waals surface area contributed by atoms with E-state index in [4.69, 9.17) is 11.6 Å². The van der Waals surface area contributed by atoms with Gasteiger partial charge in [-0.15, -0.1) is 10.2 Å². The van der Waals surface area contributed by atoms with Crippen LogP contribution in [0.1, 0.15) is 55.6 Å². The van der Waals surface area contributed by atoms with Crippen molar-refractivity contribution in [2.75, 3.05) is 0 Å². The molecule has 0 aliphatic heterocycles. The molecular weight excluding hydrogens is 346 g/mol. The second-order valence-corrected chi connectivity index (χ2v) is 7.74. The normalized spacial score (nSPS) is 14.6. The third kappa shape index (κ3) is 3.36. The van der Waals surface area contributed by atoms with Crippen molar-refractivity contribution in [3.05, 3.63) is 70.8 Å². The van der Waals surface area contributed by atoms with Gasteiger partial charge in [0.1, 0.15) is 16.8 Å². The van der Waals surface area contributed by atoms with Crippen molar-refractivity contribution >= 4 is 11.6 Å². The maximum absolute atomic E-state index is 6.12. The Labute approximate surface area is 158 Å². The molecule has 26 heavy (non-hydrogen) atoms. The number of aryl methyl sites for hydroxylation is 1. The van der Waals surface area contributed by atoms with Crippen LogP contribution < -0.4 is 0 Å². The van der Waals surface area contributed by atoms with E-state index in [1.807, 2.05) is 30.5 Å². The summed E-state index contributed by atoms with van der Waals surface area (Å²) in [6, 6.07) is 11.8. The summed E-state index contributed by atoms with van der Waals surface area (Å²) in [7, 11) is 0. The van der Waals surface area contributed by atoms with Crippen LogP contribution in [0.5, 0.6) is 0 Å². The Morgan fingerprint density at radius 3 is 2.65 bits per heavy atom. The summed E-state index contributed by atoms with van der Waals surface area (Å²) in [5.74, 6) is 2.55. The minimum Gasteiger partial charge on any atom is -0.314 e. The Bertz CT molecular complexity index is 900. The Morgan fingerprint density at radius 1 is 1.12 bits per heavy atom. The molecule has 3 aromatic heterocycles. The van der Waals surface area contributed by atoms with E-state index in [1.165, 1.54) is 12.8 Å². The van der Waals surface area contributed by atoms with Gasteiger partial charge in [0, 0.05) is 30.8 Å². The number of rotatable bonds is 6. The standard InChI is InChI=1S/C20H22ClN5/c1-20(2,16-7-5-8-17(21)23-16)19-25-24-18(14-9-10-14)26(19)13-11-15-6-3-4-12-22-15/h3-8,12,14H,9-11,13H2,1-2H3. The fraction of sp³-hybridized carbons (Fsp3) is 0.400. The maximum atomic E-state index is 6.12. The molecule has 0 unspecified atom stereocenters. The first-order valence-electron chi connectivity index (χ1n) is 9.02. The van der Waals surface area contributed by atoms with Gasteiger partial charge in [0.25, 0.3) is 0 Å². The quantitative estimate of drug-likeness (QED) is 0.613. The van der Waals surface area contributed by atoms with Gasteiger partial charge in [-0.2, -0.15) is 0 Å². The number of hydrogen-bond acceptors (Lipinski definition) is 4. The average molecular weight is 368 g/mol. The van der Waals surface area contributed by atoms with Crippen LogP contribution >= 0.6 is 11.6 Å². The number of hydrogen-bond donors (Lipinski definition) is 0. The molecule has 4 rings (SSSR count). The summed E-state index contributed by atoms with van der Waals surface area (Å²) >= 11 is 6.12. The first-order valence-corrected chi connectivity index (χ1v) is 9.40. The summed E-state index contributed by atoms with van der Waals surface area (Å²) in [4.78, 5) is 8.97. The Morgan fingerprint density at radius 2 is 1.96 bits per heavy atom. The minimum atomic E-state index is -0.380. The molecule has 0 saturated heterocycles. The van der Waals surface area contributed by atoms with Crippen LogP contribution in [0.15, 0.2) is 42.6 Å². The smallest absolute Gasteiger partial charge is 0.144 e. The third-order valence-corrected chi connectivity index (χ3v) is 5.16. The fourth-order valence-electron chi connectivity index (χ4n) is 3.28. The Hall–Kier alpha value is -2.27. The minimum absolute atomic E-state index is 0.380. The molecule has 1 fully saturated rings. The van der Waals surface area contributed by atoms with Crippen molar-refractivity contribution in [1.29, 1.82) is 0 Å². The zero-order valence-corrected chi connectivity index (χ0v) is 15.8. The van der Waals surface area contributed by atoms with Crippen molar-refractivity contribution in [2.24, 2.45) is 0 Å². The Balaban J connectivity index is 1.69. The van der Waals surface area contributed by atoms with Crippen LogP contribution in [0.4, 0.5) is 0 Å². The number of pyridine rings is 2. The molecule has 1 aliphatic carbocycles. The molecule has 3 aromatic rings. The molecule has 0 bridgehead atoms. The highest BCUT2D eigenvalue weighted by Gasteiger charge is 2.36. The van der Waals surface area contributed by atoms with Gasteiger partial charge >= 0.3 is 0 Å². The zero-order chi connectivity index (χ0) is 18.1. The van der Waals surface area contributed by atoms with E-state index in [9.17, 15) is 0 Å². The second kappa shape index (κ2) is 6.80. The number of aromatic nitrogens is 5. The van der Waals surface area contributed by atoms with E-state index >= 15 is 0 Å². The predicted molar refractivity (Wildman–Crippen MR) is 101 cm³/mol. The lowest BCUT2D eigenvalue weighted by molar-refractivity contribution is 0.507. The number of halogens is 1. The van der Waals surface area contributed by atoms with Crippen LogP contribution in [0.2, 0.25) is 5.15 Å². The first-order chi connectivity index (χ1) is 12.6. The highest BCUT2D eigenvalue weighted by atomic mass is 35.5. The lowest BCUT2D eigenvalue weighted by Crippen LogP contribution is -2.27. The van der Waals surface area contributed by atoms with Gasteiger partial charge in [0.15, 0.2) is 0 Å². The molecule has 0 spiro atoms. The molecule has 134 valence electrons. The highest BCUT2D eigenvalue weighted by Crippen LogP contribution is 2.41. The molecule has 1 aliphatic rings. The topological polar surface area (TPSA) is 56.5 Å². The molecular formula is C20H22ClN5. The summed E-state index contributed by atoms with van der Waals surface area (Å²) in [6.07, 6.45) is 5.07. The molecule has 5 nitrogen and oxygen atoms in total. The molecule has 0 amide bonds. The van der Waals surface area contributed by atoms with Crippen molar-refractivity contribution in [2.45, 2.75) is 51.0 Å². The highest BCUT2D eigenvalue weighted by molar-refractivity contribution is 6.29. The predicted octanol–water partition coefficient (Wildman–Crippen LogP) is 4.17. The maximum Gasteiger partial charge on any atom is 0.144 e. The van der Waals surface area contributed by atoms with Crippen LogP contribution in [0, 0.1) is 0 Å². The molecule has 6 heteroatoms. The van der Waals surface area contributed by atoms with E-state index in [0.29, 0.717) is 11.1 Å². The van der Waals surface area contributed by atoms with Crippen molar-refractivity contribution < 1.29 is 0 Å². The van der Waals surface area contributed by atoms with Gasteiger partial charge < -0.3 is 4.57 Å². The van der Waals surface area contributed by atoms with Gasteiger partial charge in [0.2, 0.25) is 0 Å². The van der Waals surface area contributed by atoms with Crippen molar-refractivity contribution in [3.63, 3.8) is 0 Å². The van der Waals surface area contributed by atoms with Gasteiger partial charge in [-0.25, -0.2) is 4.98 Å². The molecule has 3 heterocycles. The van der Waals surface area contributed by atoms with E-state index < -0.39 is 0 Å². The van der Waals surface area contributed by atoms with Crippen LogP contribution in [0.3, 0.4) is 0 Å². The van der Waals surface area contributed by atoms with Gasteiger partial charge in [-0.05, 0) is 51.0 Å². The second-order valence-electron chi connectivity index (χ2n) is 7.35. The average Bonchev–Trinajstić information content (AvgIpc) is 3.40. The van der Waals surface area contributed by atoms with Crippen LogP contribution in [-0.4, -0.2) is 24.7 Å². The SMILES string of the molecule is CC(C)(c1cccc(Cl)n1)c1nnc(C2CC2)n1CCc1ccccn1. The van der Waals surface area contributed by atoms with Crippen molar-refractivity contribution in [3.8, 4) is 0 Å². The summed E-state index contributed by atoms with van der Waals surface area (Å²) in [5.41, 5.74) is 1.60. The zero-order valence-electron chi connectivity index (χ0n) is 15.1. The lowest BCUT2D eigenvalue weighted by atomic mass is 9.87. The molecule has 1 saturated carbocycles. The molecule has 0 atom stereocenters. The number of nitrogens with zero attached hydrogens (tertiary/aromatic N) is 5. The van der Waals surface area contributed by atoms with E-state index in [2.05, 4.69) is 44.6 Å². The molecule has 0 N–H and O–H groups in total. The summed E-state index contributed by atoms with van der Waals surface area (Å²) < 4.78 is 2.27. The van der Waals surface area contributed by atoms with Crippen LogP contribution in [-0.2, 0) is 18.4 Å². The molecule has 0 aromatic carbocycles. The van der Waals surface area contributed by atoms with E-state index in [-0.39, 0.29) is 5.41 Å². The summed E-state index contributed by atoms with van der Waals surface area (Å²) in [6.45, 7) is 5.07. The van der Waals surface area contributed by atoms with Gasteiger partial charge in [-0.1, -0.05) is 23.7 Å². The van der Waals surface area contributed by atoms with Gasteiger partial charge in [0.05, 0.1) is 11.1 Å². The third-order valence-electron chi connectivity index (χ3n) is 4.95. The molecule has 0 radical (unpaired) electrons. The van der Waals surface area contributed by atoms with Gasteiger partial charge in [-0.3, -0.25) is 4.98 Å². The van der Waals surface area contributed by atoms with E-state index in [1.54, 1.807) is 6.07 Å². The first kappa shape index (κ1) is 17.2. The largest absolute Gasteiger partial charge is 0.314 e. The fourth-order valence-corrected chi connectivity index (χ4v) is 3.45. The van der Waals surface area contributed by atoms with Crippen molar-refractivity contribution in [1.82, 2.24) is 24.7 Å².